The molecular weight excluding hydrogens is 266 g/mol. The van der Waals surface area contributed by atoms with Crippen LogP contribution in [0.4, 0.5) is 0 Å². The van der Waals surface area contributed by atoms with Crippen LogP contribution in [0.15, 0.2) is 10.6 Å². The number of nitrogens with zero attached hydrogens (tertiary/aromatic N) is 2. The van der Waals surface area contributed by atoms with Crippen molar-refractivity contribution in [2.24, 2.45) is 5.41 Å². The molecule has 0 aliphatic heterocycles. The van der Waals surface area contributed by atoms with Crippen LogP contribution < -0.4 is 5.32 Å². The van der Waals surface area contributed by atoms with Gasteiger partial charge in [0.1, 0.15) is 5.76 Å². The molecule has 1 unspecified atom stereocenters. The number of aromatic nitrogens is 1. The summed E-state index contributed by atoms with van der Waals surface area (Å²) < 4.78 is 5.08. The quantitative estimate of drug-likeness (QED) is 0.801. The summed E-state index contributed by atoms with van der Waals surface area (Å²) in [6, 6.07) is 1.76. The Morgan fingerprint density at radius 2 is 2.00 bits per heavy atom. The monoisotopic (exact) mass is 295 g/mol. The summed E-state index contributed by atoms with van der Waals surface area (Å²) in [6.07, 6.45) is 0.739. The van der Waals surface area contributed by atoms with E-state index in [4.69, 9.17) is 4.52 Å². The molecule has 0 bridgehead atoms. The summed E-state index contributed by atoms with van der Waals surface area (Å²) in [5.41, 5.74) is 0.344. The molecular formula is C16H29N3O2. The highest BCUT2D eigenvalue weighted by molar-refractivity contribution is 5.92. The van der Waals surface area contributed by atoms with Crippen molar-refractivity contribution in [2.45, 2.75) is 54.0 Å². The zero-order valence-electron chi connectivity index (χ0n) is 14.2. The van der Waals surface area contributed by atoms with Gasteiger partial charge in [-0.3, -0.25) is 4.79 Å². The zero-order chi connectivity index (χ0) is 16.0. The molecule has 0 aromatic carbocycles. The topological polar surface area (TPSA) is 58.4 Å². The van der Waals surface area contributed by atoms with Crippen molar-refractivity contribution in [3.05, 3.63) is 17.5 Å². The smallest absolute Gasteiger partial charge is 0.273 e. The van der Waals surface area contributed by atoms with Crippen molar-refractivity contribution in [3.8, 4) is 0 Å². The first-order valence-corrected chi connectivity index (χ1v) is 7.82. The van der Waals surface area contributed by atoms with E-state index in [1.807, 2.05) is 13.8 Å². The predicted octanol–water partition coefficient (Wildman–Crippen LogP) is 2.72. The molecule has 0 saturated heterocycles. The van der Waals surface area contributed by atoms with Crippen molar-refractivity contribution in [2.75, 3.05) is 19.6 Å². The average Bonchev–Trinajstić information content (AvgIpc) is 2.93. The minimum atomic E-state index is -0.168. The Morgan fingerprint density at radius 3 is 2.48 bits per heavy atom. The molecule has 21 heavy (non-hydrogen) atoms. The third kappa shape index (κ3) is 4.84. The van der Waals surface area contributed by atoms with E-state index in [-0.39, 0.29) is 17.4 Å². The maximum atomic E-state index is 12.2. The normalized spacial score (nSPS) is 13.5. The van der Waals surface area contributed by atoms with E-state index >= 15 is 0 Å². The SMILES string of the molecule is CCc1cc(C(=O)NC(C)C(C)(C)CN(CC)CC)no1. The fraction of sp³-hybridized carbons (Fsp3) is 0.750. The molecule has 0 aliphatic carbocycles. The van der Waals surface area contributed by atoms with Gasteiger partial charge in [0, 0.05) is 25.1 Å². The van der Waals surface area contributed by atoms with Crippen LogP contribution in [0, 0.1) is 5.41 Å². The van der Waals surface area contributed by atoms with Gasteiger partial charge in [0.2, 0.25) is 0 Å². The Balaban J connectivity index is 2.65. The molecule has 1 aromatic heterocycles. The van der Waals surface area contributed by atoms with Crippen LogP contribution in [0.3, 0.4) is 0 Å². The van der Waals surface area contributed by atoms with Crippen LogP contribution in [-0.4, -0.2) is 41.6 Å². The Bertz CT molecular complexity index is 450. The van der Waals surface area contributed by atoms with Gasteiger partial charge in [0.25, 0.3) is 5.91 Å². The number of hydrogen-bond acceptors (Lipinski definition) is 4. The molecule has 5 heteroatoms. The Hall–Kier alpha value is -1.36. The Kier molecular flexibility index (Phi) is 6.40. The second kappa shape index (κ2) is 7.59. The highest BCUT2D eigenvalue weighted by Crippen LogP contribution is 2.22. The van der Waals surface area contributed by atoms with Crippen LogP contribution >= 0.6 is 0 Å². The summed E-state index contributed by atoms with van der Waals surface area (Å²) in [5.74, 6) is 0.564. The van der Waals surface area contributed by atoms with Gasteiger partial charge >= 0.3 is 0 Å². The number of amides is 1. The third-order valence-corrected chi connectivity index (χ3v) is 4.19. The van der Waals surface area contributed by atoms with Gasteiger partial charge in [-0.2, -0.15) is 0 Å². The molecule has 1 atom stereocenters. The van der Waals surface area contributed by atoms with Gasteiger partial charge in [0.15, 0.2) is 5.69 Å². The van der Waals surface area contributed by atoms with Crippen LogP contribution in [0.25, 0.3) is 0 Å². The second-order valence-corrected chi connectivity index (χ2v) is 6.18. The van der Waals surface area contributed by atoms with Crippen molar-refractivity contribution >= 4 is 5.91 Å². The van der Waals surface area contributed by atoms with Gasteiger partial charge in [0.05, 0.1) is 0 Å². The lowest BCUT2D eigenvalue weighted by Crippen LogP contribution is -2.48. The molecule has 1 aromatic rings. The van der Waals surface area contributed by atoms with E-state index in [1.165, 1.54) is 0 Å². The molecule has 0 spiro atoms. The molecule has 120 valence electrons. The lowest BCUT2D eigenvalue weighted by molar-refractivity contribution is 0.0862. The molecule has 0 fully saturated rings. The van der Waals surface area contributed by atoms with Crippen molar-refractivity contribution < 1.29 is 9.32 Å². The van der Waals surface area contributed by atoms with Crippen molar-refractivity contribution in [3.63, 3.8) is 0 Å². The van der Waals surface area contributed by atoms with Gasteiger partial charge in [-0.15, -0.1) is 0 Å². The lowest BCUT2D eigenvalue weighted by Gasteiger charge is -2.36. The molecule has 1 amide bonds. The number of carbonyl (C=O) groups excluding carboxylic acids is 1. The largest absolute Gasteiger partial charge is 0.361 e. The Labute approximate surface area is 128 Å². The van der Waals surface area contributed by atoms with E-state index in [0.29, 0.717) is 5.69 Å². The first-order chi connectivity index (χ1) is 9.83. The van der Waals surface area contributed by atoms with Crippen LogP contribution in [0.5, 0.6) is 0 Å². The van der Waals surface area contributed by atoms with E-state index in [0.717, 1.165) is 31.8 Å². The highest BCUT2D eigenvalue weighted by atomic mass is 16.5. The zero-order valence-corrected chi connectivity index (χ0v) is 14.2. The first-order valence-electron chi connectivity index (χ1n) is 7.82. The van der Waals surface area contributed by atoms with E-state index in [1.54, 1.807) is 6.07 Å². The van der Waals surface area contributed by atoms with E-state index in [9.17, 15) is 4.79 Å². The third-order valence-electron chi connectivity index (χ3n) is 4.19. The predicted molar refractivity (Wildman–Crippen MR) is 84.4 cm³/mol. The molecule has 1 rings (SSSR count). The average molecular weight is 295 g/mol. The van der Waals surface area contributed by atoms with Crippen molar-refractivity contribution in [1.29, 1.82) is 0 Å². The molecule has 1 N–H and O–H groups in total. The van der Waals surface area contributed by atoms with Crippen molar-refractivity contribution in [1.82, 2.24) is 15.4 Å². The summed E-state index contributed by atoms with van der Waals surface area (Å²) in [6.45, 7) is 15.7. The molecule has 1 heterocycles. The maximum Gasteiger partial charge on any atom is 0.273 e. The summed E-state index contributed by atoms with van der Waals surface area (Å²) in [5, 5.41) is 6.86. The van der Waals surface area contributed by atoms with Crippen LogP contribution in [-0.2, 0) is 6.42 Å². The molecule has 0 saturated carbocycles. The number of hydrogen-bond donors (Lipinski definition) is 1. The standard InChI is InChI=1S/C16H29N3O2/c1-7-13-10-14(18-21-13)15(20)17-12(4)16(5,6)11-19(8-2)9-3/h10,12H,7-9,11H2,1-6H3,(H,17,20). The molecule has 0 radical (unpaired) electrons. The highest BCUT2D eigenvalue weighted by Gasteiger charge is 2.29. The van der Waals surface area contributed by atoms with Gasteiger partial charge in [-0.25, -0.2) is 0 Å². The summed E-state index contributed by atoms with van der Waals surface area (Å²) in [7, 11) is 0. The summed E-state index contributed by atoms with van der Waals surface area (Å²) >= 11 is 0. The fourth-order valence-corrected chi connectivity index (χ4v) is 2.21. The lowest BCUT2D eigenvalue weighted by atomic mass is 9.84. The van der Waals surface area contributed by atoms with Crippen LogP contribution in [0.1, 0.15) is 57.8 Å². The number of aryl methyl sites for hydroxylation is 1. The van der Waals surface area contributed by atoms with E-state index < -0.39 is 0 Å². The fourth-order valence-electron chi connectivity index (χ4n) is 2.21. The number of rotatable bonds is 8. The molecule has 0 aliphatic rings. The van der Waals surface area contributed by atoms with E-state index in [2.05, 4.69) is 43.1 Å². The second-order valence-electron chi connectivity index (χ2n) is 6.18. The first kappa shape index (κ1) is 17.7. The Morgan fingerprint density at radius 1 is 1.38 bits per heavy atom. The van der Waals surface area contributed by atoms with Gasteiger partial charge in [-0.1, -0.05) is 39.8 Å². The maximum absolute atomic E-state index is 12.2. The van der Waals surface area contributed by atoms with Gasteiger partial charge in [-0.05, 0) is 25.4 Å². The van der Waals surface area contributed by atoms with Gasteiger partial charge < -0.3 is 14.7 Å². The number of nitrogens with one attached hydrogen (secondary N) is 1. The minimum absolute atomic E-state index is 0.0149. The molecule has 5 nitrogen and oxygen atoms in total. The van der Waals surface area contributed by atoms with Crippen LogP contribution in [0.2, 0.25) is 0 Å². The number of carbonyl (C=O) groups is 1. The summed E-state index contributed by atoms with van der Waals surface area (Å²) in [4.78, 5) is 14.6. The minimum Gasteiger partial charge on any atom is -0.361 e.